The average Bonchev–Trinajstić information content (AvgIpc) is 3.28. The molecule has 0 saturated heterocycles. The minimum absolute atomic E-state index is 0.143. The molecule has 0 aliphatic rings. The summed E-state index contributed by atoms with van der Waals surface area (Å²) in [7, 11) is 0. The first-order valence-electron chi connectivity index (χ1n) is 9.55. The van der Waals surface area contributed by atoms with Gasteiger partial charge in [0.15, 0.2) is 5.65 Å². The zero-order valence-electron chi connectivity index (χ0n) is 16.6. The van der Waals surface area contributed by atoms with Crippen LogP contribution in [0.15, 0.2) is 43.0 Å². The molecule has 29 heavy (non-hydrogen) atoms. The van der Waals surface area contributed by atoms with Crippen molar-refractivity contribution in [2.24, 2.45) is 0 Å². The van der Waals surface area contributed by atoms with E-state index in [1.165, 1.54) is 12.3 Å². The van der Waals surface area contributed by atoms with Crippen LogP contribution in [0.5, 0.6) is 0 Å². The Labute approximate surface area is 167 Å². The summed E-state index contributed by atoms with van der Waals surface area (Å²) in [6.07, 6.45) is 7.59. The van der Waals surface area contributed by atoms with Crippen molar-refractivity contribution >= 4 is 5.65 Å². The van der Waals surface area contributed by atoms with Crippen molar-refractivity contribution in [1.82, 2.24) is 29.4 Å². The van der Waals surface area contributed by atoms with Gasteiger partial charge in [-0.1, -0.05) is 13.3 Å². The molecular formula is C21H22F2N6. The highest BCUT2D eigenvalue weighted by Crippen LogP contribution is 2.31. The SMILES string of the molecule is CCCC(C)(F)Cn1cc(-c2cc(F)cnc2-c2ccn3c(C)nnc3c2)cn1. The van der Waals surface area contributed by atoms with Crippen LogP contribution >= 0.6 is 0 Å². The van der Waals surface area contributed by atoms with E-state index >= 15 is 0 Å². The number of fused-ring (bicyclic) bond motifs is 1. The number of aromatic nitrogens is 6. The van der Waals surface area contributed by atoms with Gasteiger partial charge in [0.05, 0.1) is 24.6 Å². The summed E-state index contributed by atoms with van der Waals surface area (Å²) in [5, 5.41) is 12.5. The topological polar surface area (TPSA) is 60.9 Å². The van der Waals surface area contributed by atoms with E-state index in [-0.39, 0.29) is 6.54 Å². The first-order chi connectivity index (χ1) is 13.9. The number of pyridine rings is 2. The van der Waals surface area contributed by atoms with E-state index in [0.717, 1.165) is 17.8 Å². The first-order valence-corrected chi connectivity index (χ1v) is 9.55. The van der Waals surface area contributed by atoms with Crippen LogP contribution < -0.4 is 0 Å². The van der Waals surface area contributed by atoms with Crippen molar-refractivity contribution < 1.29 is 8.78 Å². The molecule has 0 radical (unpaired) electrons. The van der Waals surface area contributed by atoms with Crippen LogP contribution in [-0.2, 0) is 6.54 Å². The standard InChI is InChI=1S/C21H22F2N6/c1-4-6-21(3,23)13-28-12-16(10-25-28)18-9-17(22)11-24-20(18)15-5-7-29-14(2)26-27-19(29)8-15/h5,7-12H,4,6,13H2,1-3H3. The molecule has 0 aliphatic heterocycles. The summed E-state index contributed by atoms with van der Waals surface area (Å²) >= 11 is 0. The van der Waals surface area contributed by atoms with Crippen molar-refractivity contribution in [2.75, 3.05) is 0 Å². The molecule has 0 N–H and O–H groups in total. The van der Waals surface area contributed by atoms with Crippen LogP contribution in [0.2, 0.25) is 0 Å². The third-order valence-electron chi connectivity index (χ3n) is 4.92. The maximum absolute atomic E-state index is 14.6. The highest BCUT2D eigenvalue weighted by Gasteiger charge is 2.23. The molecule has 0 bridgehead atoms. The Bertz CT molecular complexity index is 1160. The largest absolute Gasteiger partial charge is 0.287 e. The lowest BCUT2D eigenvalue weighted by atomic mass is 10.0. The molecule has 0 aliphatic carbocycles. The second kappa shape index (κ2) is 7.35. The Morgan fingerprint density at radius 1 is 1.14 bits per heavy atom. The summed E-state index contributed by atoms with van der Waals surface area (Å²) in [5.74, 6) is 0.332. The van der Waals surface area contributed by atoms with Crippen molar-refractivity contribution in [2.45, 2.75) is 45.8 Å². The number of alkyl halides is 1. The van der Waals surface area contributed by atoms with Gasteiger partial charge in [0.1, 0.15) is 17.3 Å². The third-order valence-corrected chi connectivity index (χ3v) is 4.92. The van der Waals surface area contributed by atoms with Gasteiger partial charge in [-0.3, -0.25) is 14.1 Å². The Hall–Kier alpha value is -3.16. The predicted octanol–water partition coefficient (Wildman–Crippen LogP) is 4.63. The van der Waals surface area contributed by atoms with E-state index in [4.69, 9.17) is 0 Å². The normalized spacial score (nSPS) is 13.7. The molecule has 4 rings (SSSR count). The Morgan fingerprint density at radius 3 is 2.76 bits per heavy atom. The van der Waals surface area contributed by atoms with E-state index < -0.39 is 11.5 Å². The molecule has 1 unspecified atom stereocenters. The molecule has 6 nitrogen and oxygen atoms in total. The van der Waals surface area contributed by atoms with E-state index in [0.29, 0.717) is 28.9 Å². The van der Waals surface area contributed by atoms with Crippen molar-refractivity contribution in [1.29, 1.82) is 0 Å². The fourth-order valence-corrected chi connectivity index (χ4v) is 3.57. The fraction of sp³-hybridized carbons (Fsp3) is 0.333. The summed E-state index contributed by atoms with van der Waals surface area (Å²) in [5.41, 5.74) is 1.99. The Balaban J connectivity index is 1.74. The van der Waals surface area contributed by atoms with Gasteiger partial charge in [0.2, 0.25) is 0 Å². The zero-order chi connectivity index (χ0) is 20.6. The molecule has 1 atom stereocenters. The summed E-state index contributed by atoms with van der Waals surface area (Å²) in [4.78, 5) is 4.31. The van der Waals surface area contributed by atoms with Crippen LogP contribution in [0, 0.1) is 12.7 Å². The van der Waals surface area contributed by atoms with Gasteiger partial charge >= 0.3 is 0 Å². The fourth-order valence-electron chi connectivity index (χ4n) is 3.57. The summed E-state index contributed by atoms with van der Waals surface area (Å²) in [6, 6.07) is 5.16. The molecule has 4 aromatic rings. The van der Waals surface area contributed by atoms with Crippen molar-refractivity contribution in [3.05, 3.63) is 54.6 Å². The highest BCUT2D eigenvalue weighted by molar-refractivity contribution is 5.81. The Kier molecular flexibility index (Phi) is 4.86. The second-order valence-electron chi connectivity index (χ2n) is 7.53. The molecule has 4 heterocycles. The minimum Gasteiger partial charge on any atom is -0.287 e. The van der Waals surface area contributed by atoms with E-state index in [1.807, 2.05) is 36.6 Å². The molecule has 0 spiro atoms. The van der Waals surface area contributed by atoms with Crippen LogP contribution in [0.1, 0.15) is 32.5 Å². The molecule has 4 aromatic heterocycles. The van der Waals surface area contributed by atoms with Gasteiger partial charge in [-0.05, 0) is 38.5 Å². The summed E-state index contributed by atoms with van der Waals surface area (Å²) in [6.45, 7) is 5.53. The maximum atomic E-state index is 14.6. The molecule has 0 aromatic carbocycles. The lowest BCUT2D eigenvalue weighted by Crippen LogP contribution is -2.25. The van der Waals surface area contributed by atoms with Crippen LogP contribution in [-0.4, -0.2) is 35.0 Å². The lowest BCUT2D eigenvalue weighted by Gasteiger charge is -2.19. The minimum atomic E-state index is -1.35. The quantitative estimate of drug-likeness (QED) is 0.477. The molecule has 0 amide bonds. The van der Waals surface area contributed by atoms with E-state index in [9.17, 15) is 8.78 Å². The van der Waals surface area contributed by atoms with Gasteiger partial charge in [-0.15, -0.1) is 10.2 Å². The first kappa shape index (κ1) is 19.2. The monoisotopic (exact) mass is 396 g/mol. The molecule has 150 valence electrons. The van der Waals surface area contributed by atoms with Crippen LogP contribution in [0.3, 0.4) is 0 Å². The van der Waals surface area contributed by atoms with E-state index in [2.05, 4.69) is 20.3 Å². The smallest absolute Gasteiger partial charge is 0.161 e. The molecule has 8 heteroatoms. The van der Waals surface area contributed by atoms with Gasteiger partial charge < -0.3 is 0 Å². The number of rotatable bonds is 6. The Morgan fingerprint density at radius 2 is 1.97 bits per heavy atom. The number of hydrogen-bond acceptors (Lipinski definition) is 4. The van der Waals surface area contributed by atoms with Gasteiger partial charge in [-0.2, -0.15) is 5.10 Å². The average molecular weight is 396 g/mol. The van der Waals surface area contributed by atoms with Crippen LogP contribution in [0.4, 0.5) is 8.78 Å². The number of nitrogens with zero attached hydrogens (tertiary/aromatic N) is 6. The zero-order valence-corrected chi connectivity index (χ0v) is 16.6. The highest BCUT2D eigenvalue weighted by atomic mass is 19.1. The van der Waals surface area contributed by atoms with Gasteiger partial charge in [0, 0.05) is 29.1 Å². The number of hydrogen-bond donors (Lipinski definition) is 0. The number of halogens is 2. The lowest BCUT2D eigenvalue weighted by molar-refractivity contribution is 0.141. The summed E-state index contributed by atoms with van der Waals surface area (Å²) < 4.78 is 32.0. The number of aryl methyl sites for hydroxylation is 1. The second-order valence-corrected chi connectivity index (χ2v) is 7.53. The maximum Gasteiger partial charge on any atom is 0.161 e. The van der Waals surface area contributed by atoms with Crippen LogP contribution in [0.25, 0.3) is 28.0 Å². The van der Waals surface area contributed by atoms with E-state index in [1.54, 1.807) is 24.0 Å². The third kappa shape index (κ3) is 3.87. The van der Waals surface area contributed by atoms with Crippen molar-refractivity contribution in [3.63, 3.8) is 0 Å². The van der Waals surface area contributed by atoms with Crippen molar-refractivity contribution in [3.8, 4) is 22.4 Å². The van der Waals surface area contributed by atoms with Gasteiger partial charge in [-0.25, -0.2) is 8.78 Å². The molecule has 0 fully saturated rings. The molecular weight excluding hydrogens is 374 g/mol. The predicted molar refractivity (Wildman–Crippen MR) is 107 cm³/mol. The van der Waals surface area contributed by atoms with Gasteiger partial charge in [0.25, 0.3) is 0 Å². The molecule has 0 saturated carbocycles.